The summed E-state index contributed by atoms with van der Waals surface area (Å²) in [4.78, 5) is 11.9. The van der Waals surface area contributed by atoms with Crippen LogP contribution in [-0.2, 0) is 11.2 Å². The van der Waals surface area contributed by atoms with Crippen molar-refractivity contribution in [2.24, 2.45) is 0 Å². The summed E-state index contributed by atoms with van der Waals surface area (Å²) in [5, 5.41) is 3.02. The first-order valence-electron chi connectivity index (χ1n) is 8.38. The van der Waals surface area contributed by atoms with Crippen molar-refractivity contribution in [1.82, 2.24) is 5.32 Å². The quantitative estimate of drug-likeness (QED) is 0.745. The zero-order valence-electron chi connectivity index (χ0n) is 14.2. The van der Waals surface area contributed by atoms with E-state index in [4.69, 9.17) is 9.47 Å². The molecule has 1 aliphatic rings. The second-order valence-electron chi connectivity index (χ2n) is 5.90. The lowest BCUT2D eigenvalue weighted by molar-refractivity contribution is -0.121. The lowest BCUT2D eigenvalue weighted by atomic mass is 9.97. The van der Waals surface area contributed by atoms with Gasteiger partial charge in [-0.05, 0) is 56.2 Å². The molecule has 1 aromatic carbocycles. The standard InChI is InChI=1S/C19H27NO3/c1-22-17-10-8-16(14-18(17)23-2)9-11-19(21)20-13-12-15-6-4-3-5-7-15/h6,8,10,14H,3-5,7,9,11-13H2,1-2H3,(H,20,21). The van der Waals surface area contributed by atoms with Crippen LogP contribution in [0.1, 0.15) is 44.1 Å². The van der Waals surface area contributed by atoms with Gasteiger partial charge in [0.05, 0.1) is 14.2 Å². The van der Waals surface area contributed by atoms with Gasteiger partial charge in [-0.2, -0.15) is 0 Å². The smallest absolute Gasteiger partial charge is 0.220 e. The van der Waals surface area contributed by atoms with Crippen LogP contribution in [0.25, 0.3) is 0 Å². The molecule has 1 aromatic rings. The molecule has 1 N–H and O–H groups in total. The third-order valence-electron chi connectivity index (χ3n) is 4.24. The molecule has 0 saturated carbocycles. The summed E-state index contributed by atoms with van der Waals surface area (Å²) >= 11 is 0. The predicted octanol–water partition coefficient (Wildman–Crippen LogP) is 3.64. The number of nitrogens with one attached hydrogen (secondary N) is 1. The van der Waals surface area contributed by atoms with E-state index < -0.39 is 0 Å². The summed E-state index contributed by atoms with van der Waals surface area (Å²) < 4.78 is 10.5. The highest BCUT2D eigenvalue weighted by molar-refractivity contribution is 5.76. The Balaban J connectivity index is 1.72. The molecule has 0 radical (unpaired) electrons. The molecule has 126 valence electrons. The lowest BCUT2D eigenvalue weighted by Gasteiger charge is -2.13. The maximum absolute atomic E-state index is 11.9. The molecule has 23 heavy (non-hydrogen) atoms. The number of allylic oxidation sites excluding steroid dienone is 1. The van der Waals surface area contributed by atoms with Crippen molar-refractivity contribution < 1.29 is 14.3 Å². The summed E-state index contributed by atoms with van der Waals surface area (Å²) in [6, 6.07) is 5.78. The molecule has 0 aliphatic heterocycles. The van der Waals surface area contributed by atoms with E-state index in [2.05, 4.69) is 11.4 Å². The Morgan fingerprint density at radius 2 is 1.96 bits per heavy atom. The SMILES string of the molecule is COc1ccc(CCC(=O)NCCC2=CCCCC2)cc1OC. The molecule has 0 bridgehead atoms. The van der Waals surface area contributed by atoms with Gasteiger partial charge in [-0.25, -0.2) is 0 Å². The molecule has 2 rings (SSSR count). The highest BCUT2D eigenvalue weighted by atomic mass is 16.5. The van der Waals surface area contributed by atoms with Crippen molar-refractivity contribution in [2.75, 3.05) is 20.8 Å². The first kappa shape index (κ1) is 17.4. The average Bonchev–Trinajstić information content (AvgIpc) is 2.60. The maximum Gasteiger partial charge on any atom is 0.220 e. The average molecular weight is 317 g/mol. The minimum absolute atomic E-state index is 0.108. The summed E-state index contributed by atoms with van der Waals surface area (Å²) in [5.74, 6) is 1.52. The predicted molar refractivity (Wildman–Crippen MR) is 92.0 cm³/mol. The molecule has 0 heterocycles. The van der Waals surface area contributed by atoms with Gasteiger partial charge in [0.15, 0.2) is 11.5 Å². The van der Waals surface area contributed by atoms with Crippen LogP contribution in [0.4, 0.5) is 0 Å². The Morgan fingerprint density at radius 3 is 2.65 bits per heavy atom. The van der Waals surface area contributed by atoms with Gasteiger partial charge in [0.25, 0.3) is 0 Å². The van der Waals surface area contributed by atoms with Crippen LogP contribution >= 0.6 is 0 Å². The fourth-order valence-electron chi connectivity index (χ4n) is 2.88. The molecular weight excluding hydrogens is 290 g/mol. The minimum Gasteiger partial charge on any atom is -0.493 e. The molecule has 4 nitrogen and oxygen atoms in total. The number of aryl methyl sites for hydroxylation is 1. The molecule has 0 unspecified atom stereocenters. The van der Waals surface area contributed by atoms with Crippen molar-refractivity contribution in [3.05, 3.63) is 35.4 Å². The molecule has 0 atom stereocenters. The van der Waals surface area contributed by atoms with Crippen molar-refractivity contribution in [3.8, 4) is 11.5 Å². The Kier molecular flexibility index (Phi) is 6.98. The van der Waals surface area contributed by atoms with Gasteiger partial charge >= 0.3 is 0 Å². The van der Waals surface area contributed by atoms with Gasteiger partial charge in [-0.15, -0.1) is 0 Å². The molecule has 4 heteroatoms. The fourth-order valence-corrected chi connectivity index (χ4v) is 2.88. The van der Waals surface area contributed by atoms with Gasteiger partial charge in [0.2, 0.25) is 5.91 Å². The van der Waals surface area contributed by atoms with E-state index >= 15 is 0 Å². The fraction of sp³-hybridized carbons (Fsp3) is 0.526. The zero-order chi connectivity index (χ0) is 16.5. The summed E-state index contributed by atoms with van der Waals surface area (Å²) in [7, 11) is 3.24. The normalized spacial score (nSPS) is 14.1. The van der Waals surface area contributed by atoms with E-state index in [0.29, 0.717) is 24.3 Å². The van der Waals surface area contributed by atoms with Crippen LogP contribution in [0, 0.1) is 0 Å². The maximum atomic E-state index is 11.9. The van der Waals surface area contributed by atoms with E-state index in [1.54, 1.807) is 14.2 Å². The third-order valence-corrected chi connectivity index (χ3v) is 4.24. The van der Waals surface area contributed by atoms with Crippen LogP contribution in [-0.4, -0.2) is 26.7 Å². The van der Waals surface area contributed by atoms with E-state index in [1.165, 1.54) is 31.3 Å². The van der Waals surface area contributed by atoms with Crippen molar-refractivity contribution in [1.29, 1.82) is 0 Å². The van der Waals surface area contributed by atoms with Gasteiger partial charge < -0.3 is 14.8 Å². The van der Waals surface area contributed by atoms with Crippen molar-refractivity contribution >= 4 is 5.91 Å². The number of methoxy groups -OCH3 is 2. The molecule has 0 saturated heterocycles. The van der Waals surface area contributed by atoms with Gasteiger partial charge in [-0.1, -0.05) is 17.7 Å². The molecule has 0 fully saturated rings. The van der Waals surface area contributed by atoms with Crippen LogP contribution < -0.4 is 14.8 Å². The van der Waals surface area contributed by atoms with Crippen LogP contribution in [0.3, 0.4) is 0 Å². The van der Waals surface area contributed by atoms with Crippen LogP contribution in [0.15, 0.2) is 29.8 Å². The summed E-state index contributed by atoms with van der Waals surface area (Å²) in [6.45, 7) is 0.747. The van der Waals surface area contributed by atoms with E-state index in [9.17, 15) is 4.79 Å². The largest absolute Gasteiger partial charge is 0.493 e. The highest BCUT2D eigenvalue weighted by Crippen LogP contribution is 2.27. The monoisotopic (exact) mass is 317 g/mol. The van der Waals surface area contributed by atoms with Crippen molar-refractivity contribution in [2.45, 2.75) is 44.9 Å². The van der Waals surface area contributed by atoms with Gasteiger partial charge in [0, 0.05) is 13.0 Å². The molecular formula is C19H27NO3. The second kappa shape index (κ2) is 9.23. The Labute approximate surface area is 138 Å². The third kappa shape index (κ3) is 5.62. The number of carbonyl (C=O) groups excluding carboxylic acids is 1. The minimum atomic E-state index is 0.108. The first-order valence-corrected chi connectivity index (χ1v) is 8.38. The Bertz CT molecular complexity index is 552. The number of carbonyl (C=O) groups is 1. The number of hydrogen-bond donors (Lipinski definition) is 1. The summed E-state index contributed by atoms with van der Waals surface area (Å²) in [6.07, 6.45) is 9.51. The number of rotatable bonds is 8. The number of hydrogen-bond acceptors (Lipinski definition) is 3. The molecule has 0 spiro atoms. The van der Waals surface area contributed by atoms with Crippen LogP contribution in [0.5, 0.6) is 11.5 Å². The van der Waals surface area contributed by atoms with Crippen molar-refractivity contribution in [3.63, 3.8) is 0 Å². The van der Waals surface area contributed by atoms with Crippen LogP contribution in [0.2, 0.25) is 0 Å². The number of amides is 1. The highest BCUT2D eigenvalue weighted by Gasteiger charge is 2.08. The summed E-state index contributed by atoms with van der Waals surface area (Å²) in [5.41, 5.74) is 2.57. The molecule has 1 aliphatic carbocycles. The first-order chi connectivity index (χ1) is 11.2. The van der Waals surface area contributed by atoms with E-state index in [1.807, 2.05) is 18.2 Å². The Hall–Kier alpha value is -1.97. The zero-order valence-corrected chi connectivity index (χ0v) is 14.2. The topological polar surface area (TPSA) is 47.6 Å². The van der Waals surface area contributed by atoms with Gasteiger partial charge in [-0.3, -0.25) is 4.79 Å². The number of ether oxygens (including phenoxy) is 2. The van der Waals surface area contributed by atoms with E-state index in [0.717, 1.165) is 18.5 Å². The van der Waals surface area contributed by atoms with Gasteiger partial charge in [0.1, 0.15) is 0 Å². The van der Waals surface area contributed by atoms with E-state index in [-0.39, 0.29) is 5.91 Å². The lowest BCUT2D eigenvalue weighted by Crippen LogP contribution is -2.25. The Morgan fingerprint density at radius 1 is 1.13 bits per heavy atom. The molecule has 1 amide bonds. The molecule has 0 aromatic heterocycles. The number of benzene rings is 1. The second-order valence-corrected chi connectivity index (χ2v) is 5.90.